The van der Waals surface area contributed by atoms with Crippen LogP contribution in [0.25, 0.3) is 0 Å². The van der Waals surface area contributed by atoms with Gasteiger partial charge in [0.1, 0.15) is 5.75 Å². The molecule has 0 spiro atoms. The molecule has 1 aromatic rings. The van der Waals surface area contributed by atoms with Crippen molar-refractivity contribution >= 4 is 0 Å². The highest BCUT2D eigenvalue weighted by atomic mass is 16.5. The van der Waals surface area contributed by atoms with Crippen LogP contribution in [-0.2, 0) is 6.42 Å². The van der Waals surface area contributed by atoms with Gasteiger partial charge < -0.3 is 20.1 Å². The largest absolute Gasteiger partial charge is 0.507 e. The summed E-state index contributed by atoms with van der Waals surface area (Å²) in [4.78, 5) is 0. The van der Waals surface area contributed by atoms with E-state index in [-0.39, 0.29) is 23.3 Å². The molecule has 1 aliphatic carbocycles. The zero-order valence-electron chi connectivity index (χ0n) is 16.8. The van der Waals surface area contributed by atoms with Crippen LogP contribution in [-0.4, -0.2) is 28.0 Å². The van der Waals surface area contributed by atoms with Gasteiger partial charge in [0.15, 0.2) is 11.5 Å². The summed E-state index contributed by atoms with van der Waals surface area (Å²) >= 11 is 0. The molecule has 2 rings (SSSR count). The Bertz CT molecular complexity index is 655. The third-order valence-electron chi connectivity index (χ3n) is 5.59. The van der Waals surface area contributed by atoms with Gasteiger partial charge in [0.25, 0.3) is 0 Å². The van der Waals surface area contributed by atoms with E-state index in [1.807, 2.05) is 0 Å². The van der Waals surface area contributed by atoms with Gasteiger partial charge in [-0.3, -0.25) is 0 Å². The number of aliphatic hydroxyl groups is 1. The molecule has 2 atom stereocenters. The maximum atomic E-state index is 10.9. The summed E-state index contributed by atoms with van der Waals surface area (Å²) in [6.07, 6.45) is 7.74. The molecule has 0 saturated heterocycles. The Hall–Kier alpha value is -1.68. The van der Waals surface area contributed by atoms with E-state index in [2.05, 4.69) is 19.9 Å². The number of rotatable bonds is 7. The smallest absolute Gasteiger partial charge is 0.165 e. The number of hydrogen-bond donors (Lipinski definition) is 3. The average molecular weight is 363 g/mol. The first-order chi connectivity index (χ1) is 12.2. The van der Waals surface area contributed by atoms with E-state index in [1.165, 1.54) is 5.57 Å². The van der Waals surface area contributed by atoms with Crippen LogP contribution < -0.4 is 4.74 Å². The Labute approximate surface area is 157 Å². The van der Waals surface area contributed by atoms with Gasteiger partial charge in [0.05, 0.1) is 12.7 Å². The average Bonchev–Trinajstić information content (AvgIpc) is 2.54. The minimum absolute atomic E-state index is 0.00389. The van der Waals surface area contributed by atoms with Crippen LogP contribution in [0, 0.1) is 5.92 Å². The molecular formula is C22H34O4. The topological polar surface area (TPSA) is 69.9 Å². The number of phenolic OH excluding ortho intramolecular Hbond substituents is 2. The summed E-state index contributed by atoms with van der Waals surface area (Å²) < 4.78 is 5.50. The van der Waals surface area contributed by atoms with Crippen LogP contribution in [0.2, 0.25) is 0 Å². The number of benzene rings is 1. The van der Waals surface area contributed by atoms with Crippen molar-refractivity contribution in [2.24, 2.45) is 5.92 Å². The number of unbranched alkanes of at least 4 members (excludes halogenated alkanes) is 2. The lowest BCUT2D eigenvalue weighted by molar-refractivity contribution is 0.00416. The lowest BCUT2D eigenvalue weighted by atomic mass is 9.69. The van der Waals surface area contributed by atoms with Gasteiger partial charge >= 0.3 is 0 Å². The second kappa shape index (κ2) is 8.34. The summed E-state index contributed by atoms with van der Waals surface area (Å²) in [7, 11) is 1.55. The molecule has 3 N–H and O–H groups in total. The Morgan fingerprint density at radius 3 is 2.50 bits per heavy atom. The van der Waals surface area contributed by atoms with Crippen LogP contribution in [0.1, 0.15) is 76.8 Å². The number of phenols is 2. The Kier molecular flexibility index (Phi) is 6.62. The lowest BCUT2D eigenvalue weighted by Crippen LogP contribution is -2.36. The molecule has 1 aromatic carbocycles. The predicted octanol–water partition coefficient (Wildman–Crippen LogP) is 5.05. The maximum Gasteiger partial charge on any atom is 0.165 e. The van der Waals surface area contributed by atoms with Crippen molar-refractivity contribution in [1.29, 1.82) is 0 Å². The van der Waals surface area contributed by atoms with Gasteiger partial charge in [-0.15, -0.1) is 0 Å². The summed E-state index contributed by atoms with van der Waals surface area (Å²) in [5, 5.41) is 32.3. The SMILES string of the molecule is CCCCCc1cc(O)c(C2C=C(C)CCC2C(C)(C)O)c(O)c1OC. The minimum atomic E-state index is -0.909. The van der Waals surface area contributed by atoms with E-state index in [0.717, 1.165) is 44.1 Å². The molecule has 0 fully saturated rings. The zero-order valence-corrected chi connectivity index (χ0v) is 16.8. The molecule has 1 aliphatic rings. The molecule has 0 amide bonds. The van der Waals surface area contributed by atoms with E-state index in [1.54, 1.807) is 27.0 Å². The summed E-state index contributed by atoms with van der Waals surface area (Å²) in [6, 6.07) is 1.72. The van der Waals surface area contributed by atoms with Crippen LogP contribution >= 0.6 is 0 Å². The number of ether oxygens (including phenoxy) is 1. The fourth-order valence-electron chi connectivity index (χ4n) is 4.16. The number of allylic oxidation sites excluding steroid dienone is 2. The molecule has 0 aromatic heterocycles. The fourth-order valence-corrected chi connectivity index (χ4v) is 4.16. The lowest BCUT2D eigenvalue weighted by Gasteiger charge is -2.38. The van der Waals surface area contributed by atoms with Crippen LogP contribution in [0.5, 0.6) is 17.2 Å². The Morgan fingerprint density at radius 2 is 1.92 bits per heavy atom. The molecule has 26 heavy (non-hydrogen) atoms. The second-order valence-electron chi connectivity index (χ2n) is 8.15. The van der Waals surface area contributed by atoms with Crippen LogP contribution in [0.15, 0.2) is 17.7 Å². The van der Waals surface area contributed by atoms with Gasteiger partial charge in [-0.1, -0.05) is 31.4 Å². The van der Waals surface area contributed by atoms with Crippen molar-refractivity contribution in [3.63, 3.8) is 0 Å². The number of aryl methyl sites for hydroxylation is 1. The highest BCUT2D eigenvalue weighted by Gasteiger charge is 2.39. The van der Waals surface area contributed by atoms with Gasteiger partial charge in [-0.2, -0.15) is 0 Å². The third kappa shape index (κ3) is 4.35. The summed E-state index contributed by atoms with van der Waals surface area (Å²) in [5.41, 5.74) is 1.59. The molecule has 4 heteroatoms. The van der Waals surface area contributed by atoms with E-state index in [0.29, 0.717) is 11.3 Å². The fraction of sp³-hybridized carbons (Fsp3) is 0.636. The molecule has 0 heterocycles. The first-order valence-corrected chi connectivity index (χ1v) is 9.72. The quantitative estimate of drug-likeness (QED) is 0.469. The van der Waals surface area contributed by atoms with Crippen molar-refractivity contribution in [2.45, 2.75) is 77.7 Å². The zero-order chi connectivity index (χ0) is 19.5. The second-order valence-corrected chi connectivity index (χ2v) is 8.15. The minimum Gasteiger partial charge on any atom is -0.507 e. The highest BCUT2D eigenvalue weighted by Crippen LogP contribution is 2.51. The van der Waals surface area contributed by atoms with Crippen molar-refractivity contribution in [1.82, 2.24) is 0 Å². The molecule has 146 valence electrons. The standard InChI is InChI=1S/C22H34O4/c1-6-7-8-9-15-13-18(23)19(20(24)21(15)26-5)16-12-14(2)10-11-17(16)22(3,4)25/h12-13,16-17,23-25H,6-11H2,1-5H3. The summed E-state index contributed by atoms with van der Waals surface area (Å²) in [5.74, 6) is 0.199. The van der Waals surface area contributed by atoms with Crippen molar-refractivity contribution < 1.29 is 20.1 Å². The molecule has 0 bridgehead atoms. The Balaban J connectivity index is 2.52. The monoisotopic (exact) mass is 362 g/mol. The molecule has 0 radical (unpaired) electrons. The first-order valence-electron chi connectivity index (χ1n) is 9.72. The van der Waals surface area contributed by atoms with E-state index in [9.17, 15) is 15.3 Å². The van der Waals surface area contributed by atoms with Crippen LogP contribution in [0.3, 0.4) is 0 Å². The first kappa shape index (κ1) is 20.6. The van der Waals surface area contributed by atoms with Gasteiger partial charge in [0, 0.05) is 17.0 Å². The summed E-state index contributed by atoms with van der Waals surface area (Å²) in [6.45, 7) is 7.79. The highest BCUT2D eigenvalue weighted by molar-refractivity contribution is 5.60. The number of methoxy groups -OCH3 is 1. The van der Waals surface area contributed by atoms with Crippen molar-refractivity contribution in [3.8, 4) is 17.2 Å². The van der Waals surface area contributed by atoms with Gasteiger partial charge in [0.2, 0.25) is 0 Å². The molecule has 0 saturated carbocycles. The van der Waals surface area contributed by atoms with Crippen LogP contribution in [0.4, 0.5) is 0 Å². The van der Waals surface area contributed by atoms with E-state index >= 15 is 0 Å². The number of aromatic hydroxyl groups is 2. The van der Waals surface area contributed by atoms with Crippen molar-refractivity contribution in [2.75, 3.05) is 7.11 Å². The maximum absolute atomic E-state index is 10.9. The molecule has 0 aliphatic heterocycles. The third-order valence-corrected chi connectivity index (χ3v) is 5.59. The molecule has 2 unspecified atom stereocenters. The van der Waals surface area contributed by atoms with E-state index in [4.69, 9.17) is 4.74 Å². The molecule has 4 nitrogen and oxygen atoms in total. The Morgan fingerprint density at radius 1 is 1.23 bits per heavy atom. The van der Waals surface area contributed by atoms with E-state index < -0.39 is 5.60 Å². The predicted molar refractivity (Wildman–Crippen MR) is 105 cm³/mol. The molecular weight excluding hydrogens is 328 g/mol. The van der Waals surface area contributed by atoms with Gasteiger partial charge in [-0.05, 0) is 58.4 Å². The normalized spacial score (nSPS) is 20.8. The van der Waals surface area contributed by atoms with Crippen molar-refractivity contribution in [3.05, 3.63) is 28.8 Å². The van der Waals surface area contributed by atoms with Gasteiger partial charge in [-0.25, -0.2) is 0 Å². The number of hydrogen-bond acceptors (Lipinski definition) is 4.